The average Bonchev–Trinajstić information content (AvgIpc) is 2.96. The van der Waals surface area contributed by atoms with E-state index in [2.05, 4.69) is 10.6 Å². The number of esters is 1. The highest BCUT2D eigenvalue weighted by atomic mass is 35.5. The molecule has 0 aliphatic carbocycles. The van der Waals surface area contributed by atoms with Crippen LogP contribution in [-0.2, 0) is 14.3 Å². The van der Waals surface area contributed by atoms with Gasteiger partial charge in [-0.05, 0) is 36.2 Å². The van der Waals surface area contributed by atoms with Crippen LogP contribution in [0, 0.1) is 20.2 Å². The molecule has 214 valence electrons. The van der Waals surface area contributed by atoms with E-state index in [9.17, 15) is 39.4 Å². The molecule has 0 aliphatic heterocycles. The fourth-order valence-electron chi connectivity index (χ4n) is 3.33. The topological polar surface area (TPSA) is 188 Å². The van der Waals surface area contributed by atoms with Gasteiger partial charge in [-0.3, -0.25) is 39.4 Å². The van der Waals surface area contributed by atoms with Crippen molar-refractivity contribution in [3.8, 4) is 0 Å². The highest BCUT2D eigenvalue weighted by Crippen LogP contribution is 2.18. The van der Waals surface area contributed by atoms with Crippen molar-refractivity contribution >= 4 is 46.0 Å². The number of amides is 2. The van der Waals surface area contributed by atoms with Gasteiger partial charge >= 0.3 is 5.97 Å². The Morgan fingerprint density at radius 2 is 1.41 bits per heavy atom. The second-order valence-electron chi connectivity index (χ2n) is 8.11. The lowest BCUT2D eigenvalue weighted by molar-refractivity contribution is -0.385. The van der Waals surface area contributed by atoms with E-state index in [1.54, 1.807) is 31.2 Å². The van der Waals surface area contributed by atoms with Gasteiger partial charge in [0.05, 0.1) is 35.5 Å². The van der Waals surface area contributed by atoms with Gasteiger partial charge in [0.15, 0.2) is 0 Å². The summed E-state index contributed by atoms with van der Waals surface area (Å²) in [6.07, 6.45) is -0.0532. The number of nitrogens with one attached hydrogen (secondary N) is 2. The third-order valence-electron chi connectivity index (χ3n) is 5.23. The van der Waals surface area contributed by atoms with Crippen molar-refractivity contribution in [3.05, 3.63) is 116 Å². The number of carbonyl (C=O) groups is 4. The van der Waals surface area contributed by atoms with Gasteiger partial charge in [-0.15, -0.1) is 0 Å². The summed E-state index contributed by atoms with van der Waals surface area (Å²) < 4.78 is 4.95. The molecule has 3 aromatic rings. The minimum atomic E-state index is -0.696. The molecule has 0 aliphatic rings. The molecular weight excluding hydrogens is 560 g/mol. The molecule has 3 aromatic carbocycles. The zero-order valence-corrected chi connectivity index (χ0v) is 22.4. The molecule has 0 heterocycles. The summed E-state index contributed by atoms with van der Waals surface area (Å²) in [7, 11) is 0. The summed E-state index contributed by atoms with van der Waals surface area (Å²) in [5, 5.41) is 25.4. The maximum atomic E-state index is 12.3. The van der Waals surface area contributed by atoms with Crippen LogP contribution in [-0.4, -0.2) is 46.0 Å². The molecular formula is C27H25ClN4O9. The summed E-state index contributed by atoms with van der Waals surface area (Å²) in [6.45, 7) is 1.57. The molecule has 13 nitrogen and oxygen atoms in total. The smallest absolute Gasteiger partial charge is 0.308 e. The van der Waals surface area contributed by atoms with Gasteiger partial charge in [0.2, 0.25) is 5.91 Å². The van der Waals surface area contributed by atoms with Crippen molar-refractivity contribution in [1.82, 2.24) is 10.6 Å². The van der Waals surface area contributed by atoms with E-state index in [0.717, 1.165) is 17.7 Å². The Hall–Kier alpha value is -5.17. The van der Waals surface area contributed by atoms with E-state index >= 15 is 0 Å². The highest BCUT2D eigenvalue weighted by molar-refractivity contribution is 6.67. The number of non-ortho nitro benzene ring substituents is 2. The highest BCUT2D eigenvalue weighted by Gasteiger charge is 2.20. The van der Waals surface area contributed by atoms with Gasteiger partial charge in [-0.2, -0.15) is 0 Å². The van der Waals surface area contributed by atoms with E-state index in [1.807, 2.05) is 6.07 Å². The Morgan fingerprint density at radius 3 is 1.95 bits per heavy atom. The van der Waals surface area contributed by atoms with Crippen LogP contribution in [0.15, 0.2) is 78.9 Å². The van der Waals surface area contributed by atoms with Gasteiger partial charge in [-0.25, -0.2) is 0 Å². The Kier molecular flexibility index (Phi) is 12.5. The lowest BCUT2D eigenvalue weighted by Gasteiger charge is -2.18. The van der Waals surface area contributed by atoms with Gasteiger partial charge in [0.1, 0.15) is 0 Å². The Morgan fingerprint density at radius 1 is 0.854 bits per heavy atom. The minimum absolute atomic E-state index is 0.0532. The summed E-state index contributed by atoms with van der Waals surface area (Å²) in [6, 6.07) is 18.7. The van der Waals surface area contributed by atoms with Gasteiger partial charge in [0, 0.05) is 35.4 Å². The predicted molar refractivity (Wildman–Crippen MR) is 147 cm³/mol. The molecule has 0 saturated carbocycles. The van der Waals surface area contributed by atoms with Gasteiger partial charge in [0.25, 0.3) is 22.5 Å². The summed E-state index contributed by atoms with van der Waals surface area (Å²) in [4.78, 5) is 66.7. The van der Waals surface area contributed by atoms with Crippen LogP contribution in [0.1, 0.15) is 45.7 Å². The number of halogens is 1. The number of nitro benzene ring substituents is 2. The number of carbonyl (C=O) groups excluding carboxylic acids is 4. The number of hydrogen-bond donors (Lipinski definition) is 2. The maximum absolute atomic E-state index is 12.3. The van der Waals surface area contributed by atoms with E-state index in [4.69, 9.17) is 16.3 Å². The van der Waals surface area contributed by atoms with Crippen molar-refractivity contribution in [2.24, 2.45) is 0 Å². The predicted octanol–water partition coefficient (Wildman–Crippen LogP) is 4.11. The first kappa shape index (κ1) is 32.0. The van der Waals surface area contributed by atoms with Crippen LogP contribution >= 0.6 is 11.6 Å². The van der Waals surface area contributed by atoms with Crippen molar-refractivity contribution < 1.29 is 33.8 Å². The zero-order chi connectivity index (χ0) is 30.4. The first-order valence-electron chi connectivity index (χ1n) is 12.0. The Bertz CT molecular complexity index is 1390. The van der Waals surface area contributed by atoms with Crippen LogP contribution in [0.5, 0.6) is 0 Å². The lowest BCUT2D eigenvalue weighted by Crippen LogP contribution is -2.39. The number of ether oxygens (including phenoxy) is 1. The quantitative estimate of drug-likeness (QED) is 0.145. The molecule has 2 N–H and O–H groups in total. The summed E-state index contributed by atoms with van der Waals surface area (Å²) in [5.74, 6) is -1.59. The summed E-state index contributed by atoms with van der Waals surface area (Å²) >= 11 is 5.12. The van der Waals surface area contributed by atoms with Crippen molar-refractivity contribution in [1.29, 1.82) is 0 Å². The first-order chi connectivity index (χ1) is 19.5. The molecule has 2 amide bonds. The second-order valence-corrected chi connectivity index (χ2v) is 8.45. The maximum Gasteiger partial charge on any atom is 0.308 e. The SMILES string of the molecule is CCOC(=O)CC(NC(=O)CNC(=O)c1cccc([N+](=O)[O-])c1)c1ccccc1.O=C(Cl)c1cccc([N+](=O)[O-])c1. The first-order valence-corrected chi connectivity index (χ1v) is 12.4. The number of benzene rings is 3. The second kappa shape index (κ2) is 16.1. The molecule has 14 heteroatoms. The van der Waals surface area contributed by atoms with Crippen LogP contribution in [0.3, 0.4) is 0 Å². The van der Waals surface area contributed by atoms with E-state index in [1.165, 1.54) is 36.4 Å². The number of hydrogen-bond acceptors (Lipinski definition) is 9. The standard InChI is InChI=1S/C20H21N3O6.C7H4ClNO3/c1-2-29-19(25)12-17(14-7-4-3-5-8-14)22-18(24)13-21-20(26)15-9-6-10-16(11-15)23(27)28;8-7(10)5-2-1-3-6(4-5)9(11)12/h3-11,17H,2,12-13H2,1H3,(H,21,26)(H,22,24);1-4H. The van der Waals surface area contributed by atoms with E-state index in [0.29, 0.717) is 0 Å². The van der Waals surface area contributed by atoms with Crippen molar-refractivity contribution in [2.75, 3.05) is 13.2 Å². The van der Waals surface area contributed by atoms with Gasteiger partial charge < -0.3 is 15.4 Å². The number of nitro groups is 2. The van der Waals surface area contributed by atoms with E-state index in [-0.39, 0.29) is 42.1 Å². The van der Waals surface area contributed by atoms with Gasteiger partial charge in [-0.1, -0.05) is 42.5 Å². The molecule has 41 heavy (non-hydrogen) atoms. The molecule has 1 unspecified atom stereocenters. The molecule has 0 radical (unpaired) electrons. The zero-order valence-electron chi connectivity index (χ0n) is 21.7. The van der Waals surface area contributed by atoms with Crippen molar-refractivity contribution in [3.63, 3.8) is 0 Å². The molecule has 0 aromatic heterocycles. The molecule has 3 rings (SSSR count). The van der Waals surface area contributed by atoms with Crippen LogP contribution in [0.4, 0.5) is 11.4 Å². The lowest BCUT2D eigenvalue weighted by atomic mass is 10.0. The molecule has 0 saturated heterocycles. The van der Waals surface area contributed by atoms with E-state index < -0.39 is 38.9 Å². The molecule has 0 spiro atoms. The fourth-order valence-corrected chi connectivity index (χ4v) is 3.45. The molecule has 0 fully saturated rings. The largest absolute Gasteiger partial charge is 0.466 e. The third-order valence-corrected chi connectivity index (χ3v) is 5.44. The number of nitrogens with zero attached hydrogens (tertiary/aromatic N) is 2. The fraction of sp³-hybridized carbons (Fsp3) is 0.185. The third kappa shape index (κ3) is 10.8. The van der Waals surface area contributed by atoms with Crippen molar-refractivity contribution in [2.45, 2.75) is 19.4 Å². The monoisotopic (exact) mass is 584 g/mol. The summed E-state index contributed by atoms with van der Waals surface area (Å²) in [5.41, 5.74) is 0.560. The molecule has 1 atom stereocenters. The molecule has 0 bridgehead atoms. The van der Waals surface area contributed by atoms with Crippen LogP contribution in [0.2, 0.25) is 0 Å². The van der Waals surface area contributed by atoms with Crippen LogP contribution in [0.25, 0.3) is 0 Å². The number of rotatable bonds is 11. The Labute approximate surface area is 238 Å². The van der Waals surface area contributed by atoms with Crippen LogP contribution < -0.4 is 10.6 Å². The Balaban J connectivity index is 0.000000408. The minimum Gasteiger partial charge on any atom is -0.466 e. The average molecular weight is 585 g/mol. The normalized spacial score (nSPS) is 10.7.